The molecule has 1 aliphatic rings. The zero-order chi connectivity index (χ0) is 20.5. The van der Waals surface area contributed by atoms with E-state index in [1.54, 1.807) is 25.1 Å². The van der Waals surface area contributed by atoms with Gasteiger partial charge in [-0.15, -0.1) is 0 Å². The van der Waals surface area contributed by atoms with Gasteiger partial charge in [0, 0.05) is 24.8 Å². The summed E-state index contributed by atoms with van der Waals surface area (Å²) >= 11 is 0. The highest BCUT2D eigenvalue weighted by Crippen LogP contribution is 2.26. The van der Waals surface area contributed by atoms with E-state index >= 15 is 0 Å². The molecule has 0 saturated heterocycles. The SMILES string of the molecule is CCCS(=O)(=O)N1CCc2ccc(NS(=O)(=O)c3cc(F)cc(F)c3)cc2C1. The number of anilines is 1. The first-order chi connectivity index (χ1) is 13.1. The molecule has 3 rings (SSSR count). The predicted molar refractivity (Wildman–Crippen MR) is 102 cm³/mol. The first-order valence-electron chi connectivity index (χ1n) is 8.69. The summed E-state index contributed by atoms with van der Waals surface area (Å²) in [5, 5.41) is 0. The fourth-order valence-electron chi connectivity index (χ4n) is 3.12. The Balaban J connectivity index is 1.86. The van der Waals surface area contributed by atoms with Gasteiger partial charge >= 0.3 is 0 Å². The van der Waals surface area contributed by atoms with Crippen molar-refractivity contribution in [3.63, 3.8) is 0 Å². The highest BCUT2D eigenvalue weighted by atomic mass is 32.2. The standard InChI is InChI=1S/C18H20F2N2O4S2/c1-2-7-27(23,24)22-6-5-13-3-4-17(8-14(13)12-22)21-28(25,26)18-10-15(19)9-16(20)11-18/h3-4,8-11,21H,2,5-7,12H2,1H3. The number of fused-ring (bicyclic) bond motifs is 1. The maximum atomic E-state index is 13.3. The number of halogens is 2. The van der Waals surface area contributed by atoms with E-state index in [9.17, 15) is 25.6 Å². The number of benzene rings is 2. The molecule has 0 spiro atoms. The molecule has 2 aromatic rings. The van der Waals surface area contributed by atoms with Gasteiger partial charge in [-0.1, -0.05) is 13.0 Å². The number of sulfonamides is 2. The second-order valence-corrected chi connectivity index (χ2v) is 10.4. The van der Waals surface area contributed by atoms with Crippen molar-refractivity contribution in [2.75, 3.05) is 17.0 Å². The average molecular weight is 430 g/mol. The predicted octanol–water partition coefficient (Wildman–Crippen LogP) is 2.86. The molecule has 0 bridgehead atoms. The third-order valence-electron chi connectivity index (χ3n) is 4.44. The molecule has 0 atom stereocenters. The molecule has 0 unspecified atom stereocenters. The van der Waals surface area contributed by atoms with Gasteiger partial charge in [-0.2, -0.15) is 4.31 Å². The van der Waals surface area contributed by atoms with Crippen LogP contribution in [0.2, 0.25) is 0 Å². The number of hydrogen-bond donors (Lipinski definition) is 1. The molecule has 0 radical (unpaired) electrons. The fraction of sp³-hybridized carbons (Fsp3) is 0.333. The van der Waals surface area contributed by atoms with Gasteiger partial charge in [0.2, 0.25) is 10.0 Å². The molecule has 6 nitrogen and oxygen atoms in total. The lowest BCUT2D eigenvalue weighted by Crippen LogP contribution is -2.37. The zero-order valence-electron chi connectivity index (χ0n) is 15.2. The fourth-order valence-corrected chi connectivity index (χ4v) is 5.69. The molecule has 152 valence electrons. The van der Waals surface area contributed by atoms with E-state index in [2.05, 4.69) is 4.72 Å². The molecular formula is C18H20F2N2O4S2. The van der Waals surface area contributed by atoms with Crippen LogP contribution in [0, 0.1) is 11.6 Å². The Labute approximate surface area is 163 Å². The maximum absolute atomic E-state index is 13.3. The zero-order valence-corrected chi connectivity index (χ0v) is 16.8. The molecule has 0 aliphatic carbocycles. The molecule has 10 heteroatoms. The summed E-state index contributed by atoms with van der Waals surface area (Å²) in [6, 6.07) is 6.86. The summed E-state index contributed by atoms with van der Waals surface area (Å²) in [5.74, 6) is -1.94. The van der Waals surface area contributed by atoms with E-state index in [1.807, 2.05) is 0 Å². The Morgan fingerprint density at radius 3 is 2.32 bits per heavy atom. The minimum Gasteiger partial charge on any atom is -0.280 e. The Bertz CT molecular complexity index is 1080. The summed E-state index contributed by atoms with van der Waals surface area (Å²) in [6.07, 6.45) is 1.04. The van der Waals surface area contributed by atoms with Gasteiger partial charge in [-0.3, -0.25) is 4.72 Å². The smallest absolute Gasteiger partial charge is 0.262 e. The van der Waals surface area contributed by atoms with Gasteiger partial charge in [-0.05, 0) is 48.2 Å². The molecule has 0 aromatic heterocycles. The highest BCUT2D eigenvalue weighted by molar-refractivity contribution is 7.92. The topological polar surface area (TPSA) is 83.6 Å². The van der Waals surface area contributed by atoms with Crippen LogP contribution in [-0.2, 0) is 33.0 Å². The van der Waals surface area contributed by atoms with E-state index < -0.39 is 36.6 Å². The first-order valence-corrected chi connectivity index (χ1v) is 11.8. The molecule has 28 heavy (non-hydrogen) atoms. The molecule has 1 N–H and O–H groups in total. The molecule has 0 fully saturated rings. The van der Waals surface area contributed by atoms with E-state index in [-0.39, 0.29) is 18.0 Å². The van der Waals surface area contributed by atoms with Gasteiger partial charge in [0.05, 0.1) is 10.6 Å². The molecular weight excluding hydrogens is 410 g/mol. The lowest BCUT2D eigenvalue weighted by molar-refractivity contribution is 0.391. The first kappa shape index (κ1) is 20.7. The van der Waals surface area contributed by atoms with Crippen molar-refractivity contribution < 1.29 is 25.6 Å². The van der Waals surface area contributed by atoms with Crippen molar-refractivity contribution in [2.24, 2.45) is 0 Å². The van der Waals surface area contributed by atoms with Gasteiger partial charge in [-0.25, -0.2) is 25.6 Å². The molecule has 1 aliphatic heterocycles. The second-order valence-electron chi connectivity index (χ2n) is 6.59. The van der Waals surface area contributed by atoms with E-state index in [0.717, 1.165) is 17.7 Å². The van der Waals surface area contributed by atoms with Gasteiger partial charge in [0.15, 0.2) is 0 Å². The molecule has 0 amide bonds. The van der Waals surface area contributed by atoms with Crippen molar-refractivity contribution in [3.05, 3.63) is 59.2 Å². The summed E-state index contributed by atoms with van der Waals surface area (Å²) in [7, 11) is -7.56. The third-order valence-corrected chi connectivity index (χ3v) is 7.82. The summed E-state index contributed by atoms with van der Waals surface area (Å²) < 4.78 is 79.8. The van der Waals surface area contributed by atoms with Crippen LogP contribution in [0.15, 0.2) is 41.3 Å². The van der Waals surface area contributed by atoms with Crippen molar-refractivity contribution in [2.45, 2.75) is 31.2 Å². The number of rotatable bonds is 6. The Hall–Kier alpha value is -2.04. The van der Waals surface area contributed by atoms with Gasteiger partial charge < -0.3 is 0 Å². The Morgan fingerprint density at radius 2 is 1.68 bits per heavy atom. The second kappa shape index (κ2) is 7.76. The van der Waals surface area contributed by atoms with E-state index in [4.69, 9.17) is 0 Å². The van der Waals surface area contributed by atoms with Crippen molar-refractivity contribution in [1.82, 2.24) is 4.31 Å². The van der Waals surface area contributed by atoms with Crippen LogP contribution in [0.1, 0.15) is 24.5 Å². The largest absolute Gasteiger partial charge is 0.280 e. The van der Waals surface area contributed by atoms with Gasteiger partial charge in [0.25, 0.3) is 10.0 Å². The number of hydrogen-bond acceptors (Lipinski definition) is 4. The third kappa shape index (κ3) is 4.50. The summed E-state index contributed by atoms with van der Waals surface area (Å²) in [4.78, 5) is -0.533. The van der Waals surface area contributed by atoms with Crippen LogP contribution in [0.5, 0.6) is 0 Å². The Kier molecular flexibility index (Phi) is 5.74. The van der Waals surface area contributed by atoms with Crippen LogP contribution >= 0.6 is 0 Å². The maximum Gasteiger partial charge on any atom is 0.262 e. The van der Waals surface area contributed by atoms with Crippen LogP contribution in [-0.4, -0.2) is 33.4 Å². The quantitative estimate of drug-likeness (QED) is 0.764. The summed E-state index contributed by atoms with van der Waals surface area (Å²) in [5.41, 5.74) is 1.82. The van der Waals surface area contributed by atoms with Crippen molar-refractivity contribution in [1.29, 1.82) is 0 Å². The van der Waals surface area contributed by atoms with Crippen LogP contribution in [0.25, 0.3) is 0 Å². The van der Waals surface area contributed by atoms with Crippen LogP contribution in [0.4, 0.5) is 14.5 Å². The van der Waals surface area contributed by atoms with Crippen molar-refractivity contribution in [3.8, 4) is 0 Å². The van der Waals surface area contributed by atoms with Crippen molar-refractivity contribution >= 4 is 25.7 Å². The average Bonchev–Trinajstić information content (AvgIpc) is 2.60. The molecule has 2 aromatic carbocycles. The minimum atomic E-state index is -4.20. The molecule has 0 saturated carbocycles. The Morgan fingerprint density at radius 1 is 1.00 bits per heavy atom. The molecule has 1 heterocycles. The monoisotopic (exact) mass is 430 g/mol. The number of nitrogens with zero attached hydrogens (tertiary/aromatic N) is 1. The van der Waals surface area contributed by atoms with Crippen LogP contribution < -0.4 is 4.72 Å². The highest BCUT2D eigenvalue weighted by Gasteiger charge is 2.26. The van der Waals surface area contributed by atoms with Crippen LogP contribution in [0.3, 0.4) is 0 Å². The lowest BCUT2D eigenvalue weighted by atomic mass is 10.0. The lowest BCUT2D eigenvalue weighted by Gasteiger charge is -2.28. The number of nitrogens with one attached hydrogen (secondary N) is 1. The summed E-state index contributed by atoms with van der Waals surface area (Å²) in [6.45, 7) is 2.32. The minimum absolute atomic E-state index is 0.0553. The van der Waals surface area contributed by atoms with E-state index in [0.29, 0.717) is 31.0 Å². The van der Waals surface area contributed by atoms with E-state index in [1.165, 1.54) is 4.31 Å². The normalized spacial score (nSPS) is 15.2. The van der Waals surface area contributed by atoms with Gasteiger partial charge in [0.1, 0.15) is 11.6 Å².